The molecule has 1 aliphatic rings. The molecular formula is C25H26N2O3S2. The molecule has 0 spiro atoms. The van der Waals surface area contributed by atoms with Crippen LogP contribution in [0.25, 0.3) is 6.08 Å². The molecule has 0 N–H and O–H groups in total. The standard InChI is InChI=1S/C25H26N2O3S2/c1-14(2)18-10-8-17(9-11-18)13-20-23(28)27-22(19-7-6-12-31-19)21(24(29)30-15(3)4)16(5)26-25(27)32-20/h6-15,22H,1-5H3/b20-13+/t22-/m1/s1. The highest BCUT2D eigenvalue weighted by atomic mass is 32.1. The molecular weight excluding hydrogens is 440 g/mol. The van der Waals surface area contributed by atoms with Gasteiger partial charge in [-0.05, 0) is 55.3 Å². The van der Waals surface area contributed by atoms with Crippen molar-refractivity contribution in [1.29, 1.82) is 0 Å². The molecule has 0 aliphatic carbocycles. The first-order chi connectivity index (χ1) is 15.3. The van der Waals surface area contributed by atoms with Crippen LogP contribution in [-0.4, -0.2) is 16.6 Å². The molecule has 1 atom stereocenters. The number of ether oxygens (including phenoxy) is 1. The molecule has 5 nitrogen and oxygen atoms in total. The number of carbonyl (C=O) groups excluding carboxylic acids is 1. The lowest BCUT2D eigenvalue weighted by Gasteiger charge is -2.24. The number of hydrogen-bond donors (Lipinski definition) is 0. The number of carbonyl (C=O) groups is 1. The van der Waals surface area contributed by atoms with Gasteiger partial charge in [0, 0.05) is 4.88 Å². The third-order valence-corrected chi connectivity index (χ3v) is 7.21. The lowest BCUT2D eigenvalue weighted by molar-refractivity contribution is -0.143. The van der Waals surface area contributed by atoms with Gasteiger partial charge in [0.25, 0.3) is 5.56 Å². The SMILES string of the molecule is CC1=C(C(=O)OC(C)C)[C@@H](c2cccs2)n2c(s/c(=C/c3ccc(C(C)C)cc3)c2=O)=N1. The fraction of sp³-hybridized carbons (Fsp3) is 0.320. The summed E-state index contributed by atoms with van der Waals surface area (Å²) in [6.45, 7) is 9.74. The predicted molar refractivity (Wildman–Crippen MR) is 130 cm³/mol. The van der Waals surface area contributed by atoms with E-state index in [1.807, 2.05) is 49.6 Å². The minimum atomic E-state index is -0.539. The van der Waals surface area contributed by atoms with E-state index in [4.69, 9.17) is 4.74 Å². The fourth-order valence-corrected chi connectivity index (χ4v) is 5.57. The Morgan fingerprint density at radius 2 is 1.88 bits per heavy atom. The highest BCUT2D eigenvalue weighted by Gasteiger charge is 2.34. The van der Waals surface area contributed by atoms with Crippen LogP contribution in [-0.2, 0) is 9.53 Å². The van der Waals surface area contributed by atoms with Gasteiger partial charge < -0.3 is 4.74 Å². The van der Waals surface area contributed by atoms with E-state index in [1.54, 1.807) is 11.5 Å². The van der Waals surface area contributed by atoms with Gasteiger partial charge in [0.05, 0.1) is 21.9 Å². The predicted octanol–water partition coefficient (Wildman–Crippen LogP) is 4.37. The van der Waals surface area contributed by atoms with Crippen LogP contribution in [0.5, 0.6) is 0 Å². The first kappa shape index (κ1) is 22.4. The highest BCUT2D eigenvalue weighted by molar-refractivity contribution is 7.10. The van der Waals surface area contributed by atoms with Crippen molar-refractivity contribution in [2.45, 2.75) is 52.7 Å². The molecule has 0 bridgehead atoms. The average molecular weight is 467 g/mol. The van der Waals surface area contributed by atoms with Crippen LogP contribution in [0.3, 0.4) is 0 Å². The quantitative estimate of drug-likeness (QED) is 0.525. The van der Waals surface area contributed by atoms with Gasteiger partial charge in [-0.1, -0.05) is 55.5 Å². The zero-order valence-corrected chi connectivity index (χ0v) is 20.4. The van der Waals surface area contributed by atoms with Crippen molar-refractivity contribution in [3.63, 3.8) is 0 Å². The number of thiazole rings is 1. The van der Waals surface area contributed by atoms with Crippen molar-refractivity contribution in [1.82, 2.24) is 4.57 Å². The molecule has 166 valence electrons. The number of hydrogen-bond acceptors (Lipinski definition) is 6. The van der Waals surface area contributed by atoms with Crippen molar-refractivity contribution in [2.24, 2.45) is 4.99 Å². The van der Waals surface area contributed by atoms with Gasteiger partial charge >= 0.3 is 5.97 Å². The molecule has 1 aliphatic heterocycles. The van der Waals surface area contributed by atoms with E-state index >= 15 is 0 Å². The molecule has 0 saturated carbocycles. The van der Waals surface area contributed by atoms with E-state index < -0.39 is 12.0 Å². The molecule has 7 heteroatoms. The Morgan fingerprint density at radius 3 is 2.47 bits per heavy atom. The van der Waals surface area contributed by atoms with Crippen LogP contribution < -0.4 is 14.9 Å². The minimum absolute atomic E-state index is 0.151. The van der Waals surface area contributed by atoms with E-state index in [0.29, 0.717) is 26.5 Å². The number of fused-ring (bicyclic) bond motifs is 1. The van der Waals surface area contributed by atoms with Crippen LogP contribution in [0.1, 0.15) is 62.6 Å². The van der Waals surface area contributed by atoms with Gasteiger partial charge in [-0.15, -0.1) is 11.3 Å². The normalized spacial score (nSPS) is 16.5. The van der Waals surface area contributed by atoms with E-state index in [0.717, 1.165) is 10.4 Å². The molecule has 3 aromatic rings. The number of esters is 1. The first-order valence-electron chi connectivity index (χ1n) is 10.6. The van der Waals surface area contributed by atoms with E-state index in [-0.39, 0.29) is 11.7 Å². The molecule has 0 amide bonds. The second-order valence-corrected chi connectivity index (χ2v) is 10.4. The number of nitrogens with zero attached hydrogens (tertiary/aromatic N) is 2. The molecule has 0 saturated heterocycles. The summed E-state index contributed by atoms with van der Waals surface area (Å²) < 4.78 is 7.73. The third kappa shape index (κ3) is 4.27. The number of rotatable bonds is 5. The minimum Gasteiger partial charge on any atom is -0.459 e. The van der Waals surface area contributed by atoms with Crippen molar-refractivity contribution in [2.75, 3.05) is 0 Å². The van der Waals surface area contributed by atoms with Crippen LogP contribution >= 0.6 is 22.7 Å². The molecule has 2 aromatic heterocycles. The van der Waals surface area contributed by atoms with Gasteiger partial charge in [0.2, 0.25) is 0 Å². The van der Waals surface area contributed by atoms with Crippen molar-refractivity contribution < 1.29 is 9.53 Å². The van der Waals surface area contributed by atoms with Crippen LogP contribution in [0.2, 0.25) is 0 Å². The summed E-state index contributed by atoms with van der Waals surface area (Å²) in [5.41, 5.74) is 3.07. The third-order valence-electron chi connectivity index (χ3n) is 5.30. The largest absolute Gasteiger partial charge is 0.459 e. The second kappa shape index (κ2) is 9.00. The number of allylic oxidation sites excluding steroid dienone is 1. The smallest absolute Gasteiger partial charge is 0.338 e. The maximum absolute atomic E-state index is 13.5. The van der Waals surface area contributed by atoms with Gasteiger partial charge in [0.15, 0.2) is 4.80 Å². The zero-order chi connectivity index (χ0) is 23.0. The highest BCUT2D eigenvalue weighted by Crippen LogP contribution is 2.33. The number of thiophene rings is 1. The maximum atomic E-state index is 13.5. The van der Waals surface area contributed by atoms with Crippen molar-refractivity contribution in [3.05, 3.63) is 88.7 Å². The Hall–Kier alpha value is -2.77. The van der Waals surface area contributed by atoms with Gasteiger partial charge in [-0.3, -0.25) is 9.36 Å². The van der Waals surface area contributed by atoms with Gasteiger partial charge in [0.1, 0.15) is 6.04 Å². The summed E-state index contributed by atoms with van der Waals surface area (Å²) in [5.74, 6) is 0.0188. The Morgan fingerprint density at radius 1 is 1.16 bits per heavy atom. The van der Waals surface area contributed by atoms with Crippen molar-refractivity contribution in [3.8, 4) is 0 Å². The summed E-state index contributed by atoms with van der Waals surface area (Å²) in [7, 11) is 0. The number of benzene rings is 1. The summed E-state index contributed by atoms with van der Waals surface area (Å²) in [6, 6.07) is 11.6. The summed E-state index contributed by atoms with van der Waals surface area (Å²) >= 11 is 2.86. The summed E-state index contributed by atoms with van der Waals surface area (Å²) in [5, 5.41) is 1.95. The molecule has 0 unspecified atom stereocenters. The van der Waals surface area contributed by atoms with E-state index in [1.165, 1.54) is 28.2 Å². The molecule has 32 heavy (non-hydrogen) atoms. The van der Waals surface area contributed by atoms with E-state index in [2.05, 4.69) is 31.0 Å². The Balaban J connectivity index is 1.86. The first-order valence-corrected chi connectivity index (χ1v) is 12.3. The molecule has 3 heterocycles. The Labute approximate surface area is 195 Å². The lowest BCUT2D eigenvalue weighted by Crippen LogP contribution is -2.39. The lowest BCUT2D eigenvalue weighted by atomic mass is 10.0. The molecule has 0 fully saturated rings. The summed E-state index contributed by atoms with van der Waals surface area (Å²) in [6.07, 6.45) is 1.63. The number of aromatic nitrogens is 1. The van der Waals surface area contributed by atoms with Crippen LogP contribution in [0.4, 0.5) is 0 Å². The Bertz CT molecular complexity index is 1340. The second-order valence-electron chi connectivity index (χ2n) is 8.37. The van der Waals surface area contributed by atoms with Crippen LogP contribution in [0.15, 0.2) is 62.8 Å². The summed E-state index contributed by atoms with van der Waals surface area (Å²) in [4.78, 5) is 32.6. The zero-order valence-electron chi connectivity index (χ0n) is 18.8. The topological polar surface area (TPSA) is 60.7 Å². The average Bonchev–Trinajstić information content (AvgIpc) is 3.36. The van der Waals surface area contributed by atoms with Gasteiger partial charge in [-0.2, -0.15) is 0 Å². The molecule has 1 aromatic carbocycles. The van der Waals surface area contributed by atoms with Crippen molar-refractivity contribution >= 4 is 34.7 Å². The molecule has 4 rings (SSSR count). The van der Waals surface area contributed by atoms with Crippen LogP contribution in [0, 0.1) is 0 Å². The van der Waals surface area contributed by atoms with E-state index in [9.17, 15) is 9.59 Å². The molecule has 0 radical (unpaired) electrons. The fourth-order valence-electron chi connectivity index (χ4n) is 3.70. The Kier molecular flexibility index (Phi) is 6.31. The maximum Gasteiger partial charge on any atom is 0.338 e. The van der Waals surface area contributed by atoms with Gasteiger partial charge in [-0.25, -0.2) is 9.79 Å². The monoisotopic (exact) mass is 466 g/mol.